The van der Waals surface area contributed by atoms with E-state index in [1.54, 1.807) is 18.2 Å². The van der Waals surface area contributed by atoms with Crippen LogP contribution in [0.1, 0.15) is 21.5 Å². The van der Waals surface area contributed by atoms with E-state index in [0.717, 1.165) is 11.9 Å². The van der Waals surface area contributed by atoms with Crippen LogP contribution >= 0.6 is 0 Å². The highest BCUT2D eigenvalue weighted by atomic mass is 16.1. The van der Waals surface area contributed by atoms with Crippen molar-refractivity contribution in [3.63, 3.8) is 0 Å². The lowest BCUT2D eigenvalue weighted by Crippen LogP contribution is -2.16. The Morgan fingerprint density at radius 2 is 1.88 bits per heavy atom. The van der Waals surface area contributed by atoms with Crippen LogP contribution in [0.3, 0.4) is 0 Å². The topological polar surface area (TPSA) is 120 Å². The van der Waals surface area contributed by atoms with Crippen LogP contribution in [0.4, 0.5) is 0 Å². The number of nitrogens with two attached hydrogens (primary N) is 3. The van der Waals surface area contributed by atoms with Crippen LogP contribution in [0.15, 0.2) is 28.4 Å². The first-order valence-electron chi connectivity index (χ1n) is 4.53. The van der Waals surface area contributed by atoms with E-state index in [-0.39, 0.29) is 5.84 Å². The zero-order valence-electron chi connectivity index (χ0n) is 8.84. The van der Waals surface area contributed by atoms with Gasteiger partial charge in [0.05, 0.1) is 0 Å². The first kappa shape index (κ1) is 11.7. The molecular weight excluding hydrogens is 206 g/mol. The molecule has 6 N–H and O–H groups in total. The van der Waals surface area contributed by atoms with Gasteiger partial charge in [-0.1, -0.05) is 0 Å². The molecule has 0 spiro atoms. The number of primary amides is 1. The van der Waals surface area contributed by atoms with Crippen LogP contribution in [0.25, 0.3) is 0 Å². The van der Waals surface area contributed by atoms with Gasteiger partial charge in [-0.25, -0.2) is 0 Å². The summed E-state index contributed by atoms with van der Waals surface area (Å²) in [4.78, 5) is 11.0. The molecule has 0 unspecified atom stereocenters. The lowest BCUT2D eigenvalue weighted by atomic mass is 10.1. The summed E-state index contributed by atoms with van der Waals surface area (Å²) >= 11 is 0. The SMILES string of the molecule is Cc1cc(C(N)=O)cc(/C(N)=N/N=C\N)c1. The minimum atomic E-state index is -0.514. The van der Waals surface area contributed by atoms with E-state index in [1.807, 2.05) is 6.92 Å². The lowest BCUT2D eigenvalue weighted by molar-refractivity contribution is 0.1000. The Kier molecular flexibility index (Phi) is 3.60. The van der Waals surface area contributed by atoms with E-state index in [9.17, 15) is 4.79 Å². The zero-order chi connectivity index (χ0) is 12.1. The molecule has 0 aromatic heterocycles. The van der Waals surface area contributed by atoms with E-state index in [2.05, 4.69) is 10.2 Å². The van der Waals surface area contributed by atoms with E-state index >= 15 is 0 Å². The predicted molar refractivity (Wildman–Crippen MR) is 63.1 cm³/mol. The van der Waals surface area contributed by atoms with Crippen LogP contribution in [-0.4, -0.2) is 18.1 Å². The average Bonchev–Trinajstić information content (AvgIpc) is 2.24. The van der Waals surface area contributed by atoms with Gasteiger partial charge in [-0.2, -0.15) is 0 Å². The highest BCUT2D eigenvalue weighted by Crippen LogP contribution is 2.09. The molecule has 0 atom stereocenters. The number of hydrogen-bond acceptors (Lipinski definition) is 3. The molecule has 84 valence electrons. The standard InChI is InChI=1S/C10H13N5O/c1-6-2-7(9(12)15-14-5-11)4-8(3-6)10(13)16/h2-5H,1H3,(H2,11,14)(H2,12,15)(H2,13,16). The number of hydrogen-bond donors (Lipinski definition) is 3. The third kappa shape index (κ3) is 2.81. The van der Waals surface area contributed by atoms with Gasteiger partial charge in [-0.05, 0) is 30.7 Å². The van der Waals surface area contributed by atoms with E-state index in [1.165, 1.54) is 0 Å². The Balaban J connectivity index is 3.19. The Morgan fingerprint density at radius 3 is 2.44 bits per heavy atom. The van der Waals surface area contributed by atoms with Crippen molar-refractivity contribution >= 4 is 18.1 Å². The van der Waals surface area contributed by atoms with Gasteiger partial charge in [0.25, 0.3) is 0 Å². The summed E-state index contributed by atoms with van der Waals surface area (Å²) in [5, 5.41) is 7.09. The number of amides is 1. The Morgan fingerprint density at radius 1 is 1.25 bits per heavy atom. The van der Waals surface area contributed by atoms with Crippen LogP contribution in [-0.2, 0) is 0 Å². The Labute approximate surface area is 92.8 Å². The average molecular weight is 219 g/mol. The highest BCUT2D eigenvalue weighted by Gasteiger charge is 2.06. The summed E-state index contributed by atoms with van der Waals surface area (Å²) in [6.45, 7) is 1.83. The van der Waals surface area contributed by atoms with E-state index in [4.69, 9.17) is 17.2 Å². The predicted octanol–water partition coefficient (Wildman–Crippen LogP) is -0.299. The number of nitrogens with zero attached hydrogens (tertiary/aromatic N) is 2. The van der Waals surface area contributed by atoms with Crippen molar-refractivity contribution < 1.29 is 4.79 Å². The van der Waals surface area contributed by atoms with Gasteiger partial charge in [-0.3, -0.25) is 4.79 Å². The number of amidine groups is 1. The number of carbonyl (C=O) groups excluding carboxylic acids is 1. The van der Waals surface area contributed by atoms with Gasteiger partial charge in [0.1, 0.15) is 6.34 Å². The first-order valence-corrected chi connectivity index (χ1v) is 4.53. The van der Waals surface area contributed by atoms with Gasteiger partial charge in [0.2, 0.25) is 5.91 Å². The fraction of sp³-hybridized carbons (Fsp3) is 0.100. The maximum atomic E-state index is 11.0. The van der Waals surface area contributed by atoms with Gasteiger partial charge < -0.3 is 17.2 Å². The fourth-order valence-corrected chi connectivity index (χ4v) is 1.23. The number of carbonyl (C=O) groups is 1. The van der Waals surface area contributed by atoms with Crippen LogP contribution in [0, 0.1) is 6.92 Å². The minimum Gasteiger partial charge on any atom is -0.388 e. The molecule has 16 heavy (non-hydrogen) atoms. The molecule has 0 aliphatic rings. The number of aryl methyl sites for hydroxylation is 1. The van der Waals surface area contributed by atoms with E-state index < -0.39 is 5.91 Å². The molecular formula is C10H13N5O. The summed E-state index contributed by atoms with van der Waals surface area (Å²) < 4.78 is 0. The molecule has 1 aromatic carbocycles. The van der Waals surface area contributed by atoms with Crippen LogP contribution < -0.4 is 17.2 Å². The fourth-order valence-electron chi connectivity index (χ4n) is 1.23. The molecule has 0 fully saturated rings. The smallest absolute Gasteiger partial charge is 0.248 e. The Bertz CT molecular complexity index is 464. The lowest BCUT2D eigenvalue weighted by Gasteiger charge is -2.03. The molecule has 0 saturated carbocycles. The molecule has 6 nitrogen and oxygen atoms in total. The van der Waals surface area contributed by atoms with Crippen molar-refractivity contribution in [3.05, 3.63) is 34.9 Å². The molecule has 0 aliphatic heterocycles. The molecule has 1 amide bonds. The van der Waals surface area contributed by atoms with Gasteiger partial charge in [0, 0.05) is 11.1 Å². The number of benzene rings is 1. The monoisotopic (exact) mass is 219 g/mol. The van der Waals surface area contributed by atoms with Crippen molar-refractivity contribution in [1.29, 1.82) is 0 Å². The quantitative estimate of drug-likeness (QED) is 0.367. The van der Waals surface area contributed by atoms with Gasteiger partial charge in [0.15, 0.2) is 5.84 Å². The van der Waals surface area contributed by atoms with Crippen LogP contribution in [0.5, 0.6) is 0 Å². The maximum Gasteiger partial charge on any atom is 0.248 e. The van der Waals surface area contributed by atoms with E-state index in [0.29, 0.717) is 11.1 Å². The molecule has 0 aliphatic carbocycles. The second-order valence-corrected chi connectivity index (χ2v) is 3.20. The summed E-state index contributed by atoms with van der Waals surface area (Å²) in [5.41, 5.74) is 17.7. The highest BCUT2D eigenvalue weighted by molar-refractivity contribution is 6.01. The van der Waals surface area contributed by atoms with Crippen molar-refractivity contribution in [2.24, 2.45) is 27.4 Å². The number of rotatable bonds is 3. The molecule has 0 heterocycles. The summed E-state index contributed by atoms with van der Waals surface area (Å²) in [7, 11) is 0. The third-order valence-corrected chi connectivity index (χ3v) is 1.89. The van der Waals surface area contributed by atoms with Crippen molar-refractivity contribution in [1.82, 2.24) is 0 Å². The molecule has 1 rings (SSSR count). The second kappa shape index (κ2) is 4.92. The largest absolute Gasteiger partial charge is 0.388 e. The first-order chi connectivity index (χ1) is 7.54. The van der Waals surface area contributed by atoms with Crippen molar-refractivity contribution in [3.8, 4) is 0 Å². The van der Waals surface area contributed by atoms with Crippen molar-refractivity contribution in [2.45, 2.75) is 6.92 Å². The van der Waals surface area contributed by atoms with Crippen molar-refractivity contribution in [2.75, 3.05) is 0 Å². The normalized spacial score (nSPS) is 11.9. The van der Waals surface area contributed by atoms with Gasteiger partial charge in [-0.15, -0.1) is 10.2 Å². The second-order valence-electron chi connectivity index (χ2n) is 3.20. The summed E-state index contributed by atoms with van der Waals surface area (Å²) in [5.74, 6) is -0.340. The zero-order valence-corrected chi connectivity index (χ0v) is 8.84. The third-order valence-electron chi connectivity index (χ3n) is 1.89. The summed E-state index contributed by atoms with van der Waals surface area (Å²) in [6.07, 6.45) is 1.03. The van der Waals surface area contributed by atoms with Gasteiger partial charge >= 0.3 is 0 Å². The molecule has 0 bridgehead atoms. The minimum absolute atomic E-state index is 0.174. The van der Waals surface area contributed by atoms with Crippen LogP contribution in [0.2, 0.25) is 0 Å². The molecule has 0 saturated heterocycles. The Hall–Kier alpha value is -2.37. The molecule has 1 aromatic rings. The maximum absolute atomic E-state index is 11.0. The summed E-state index contributed by atoms with van der Waals surface area (Å²) in [6, 6.07) is 5.00. The molecule has 6 heteroatoms. The molecule has 0 radical (unpaired) electrons.